The highest BCUT2D eigenvalue weighted by Crippen LogP contribution is 2.27. The van der Waals surface area contributed by atoms with Crippen LogP contribution in [0.1, 0.15) is 36.0 Å². The third-order valence-electron chi connectivity index (χ3n) is 3.98. The molecule has 1 saturated heterocycles. The van der Waals surface area contributed by atoms with Gasteiger partial charge in [0.15, 0.2) is 5.78 Å². The molecule has 0 spiro atoms. The van der Waals surface area contributed by atoms with Crippen molar-refractivity contribution in [1.82, 2.24) is 4.90 Å². The van der Waals surface area contributed by atoms with Gasteiger partial charge < -0.3 is 4.90 Å². The van der Waals surface area contributed by atoms with Gasteiger partial charge in [0.05, 0.1) is 10.0 Å². The van der Waals surface area contributed by atoms with Gasteiger partial charge in [-0.1, -0.05) is 29.3 Å². The third-order valence-corrected chi connectivity index (χ3v) is 4.72. The van der Waals surface area contributed by atoms with Crippen LogP contribution in [0.15, 0.2) is 30.9 Å². The second-order valence-corrected chi connectivity index (χ2v) is 6.29. The lowest BCUT2D eigenvalue weighted by atomic mass is 9.89. The van der Waals surface area contributed by atoms with Gasteiger partial charge >= 0.3 is 0 Å². The molecule has 0 bridgehead atoms. The highest BCUT2D eigenvalue weighted by atomic mass is 35.5. The zero-order valence-electron chi connectivity index (χ0n) is 12.4. The number of carbonyl (C=O) groups excluding carboxylic acids is 2. The minimum absolute atomic E-state index is 0.0549. The monoisotopic (exact) mass is 339 g/mol. The fourth-order valence-electron chi connectivity index (χ4n) is 2.66. The number of hydrogen-bond donors (Lipinski definition) is 0. The molecule has 0 atom stereocenters. The summed E-state index contributed by atoms with van der Waals surface area (Å²) in [4.78, 5) is 26.3. The van der Waals surface area contributed by atoms with Crippen molar-refractivity contribution in [2.45, 2.75) is 25.7 Å². The molecule has 1 aromatic rings. The number of rotatable bonds is 5. The summed E-state index contributed by atoms with van der Waals surface area (Å²) in [6.45, 7) is 4.89. The van der Waals surface area contributed by atoms with E-state index >= 15 is 0 Å². The summed E-state index contributed by atoms with van der Waals surface area (Å²) >= 11 is 11.8. The number of nitrogens with zero attached hydrogens (tertiary/aromatic N) is 1. The first-order valence-electron chi connectivity index (χ1n) is 7.41. The van der Waals surface area contributed by atoms with E-state index in [0.29, 0.717) is 54.4 Å². The number of ketones is 1. The average molecular weight is 340 g/mol. The highest BCUT2D eigenvalue weighted by molar-refractivity contribution is 6.42. The number of carbonyl (C=O) groups is 2. The van der Waals surface area contributed by atoms with Crippen molar-refractivity contribution in [2.75, 3.05) is 13.1 Å². The summed E-state index contributed by atoms with van der Waals surface area (Å²) in [6.07, 6.45) is 4.33. The van der Waals surface area contributed by atoms with Crippen LogP contribution in [0.25, 0.3) is 0 Å². The zero-order chi connectivity index (χ0) is 16.1. The number of Topliss-reactive ketones (excluding diaryl/α,β-unsaturated/α-hetero) is 1. The van der Waals surface area contributed by atoms with Crippen molar-refractivity contribution in [3.63, 3.8) is 0 Å². The molecule has 0 saturated carbocycles. The molecule has 5 heteroatoms. The Hall–Kier alpha value is -1.32. The Morgan fingerprint density at radius 3 is 2.50 bits per heavy atom. The van der Waals surface area contributed by atoms with Gasteiger partial charge in [0, 0.05) is 31.0 Å². The predicted octanol–water partition coefficient (Wildman–Crippen LogP) is 4.38. The van der Waals surface area contributed by atoms with Crippen molar-refractivity contribution >= 4 is 34.9 Å². The van der Waals surface area contributed by atoms with Crippen molar-refractivity contribution in [3.8, 4) is 0 Å². The molecule has 1 aliphatic heterocycles. The maximum atomic E-state index is 12.5. The Balaban J connectivity index is 1.93. The van der Waals surface area contributed by atoms with Crippen LogP contribution in [0.2, 0.25) is 10.0 Å². The minimum atomic E-state index is -0.0549. The largest absolute Gasteiger partial charge is 0.343 e. The average Bonchev–Trinajstić information content (AvgIpc) is 2.54. The van der Waals surface area contributed by atoms with Crippen molar-refractivity contribution < 1.29 is 9.59 Å². The Morgan fingerprint density at radius 2 is 1.91 bits per heavy atom. The van der Waals surface area contributed by atoms with Gasteiger partial charge in [-0.3, -0.25) is 9.59 Å². The van der Waals surface area contributed by atoms with Gasteiger partial charge in [0.25, 0.3) is 0 Å². The second kappa shape index (κ2) is 7.80. The first-order chi connectivity index (χ1) is 10.5. The maximum absolute atomic E-state index is 12.5. The van der Waals surface area contributed by atoms with Gasteiger partial charge in [-0.15, -0.1) is 6.58 Å². The molecule has 0 N–H and O–H groups in total. The van der Waals surface area contributed by atoms with Gasteiger partial charge in [-0.05, 0) is 37.5 Å². The zero-order valence-corrected chi connectivity index (χ0v) is 13.9. The Bertz CT molecular complexity index is 578. The van der Waals surface area contributed by atoms with Crippen LogP contribution in [0.5, 0.6) is 0 Å². The van der Waals surface area contributed by atoms with E-state index < -0.39 is 0 Å². The molecule has 1 heterocycles. The lowest BCUT2D eigenvalue weighted by Crippen LogP contribution is -2.40. The van der Waals surface area contributed by atoms with Crippen molar-refractivity contribution in [1.29, 1.82) is 0 Å². The Morgan fingerprint density at radius 1 is 1.23 bits per heavy atom. The first-order valence-corrected chi connectivity index (χ1v) is 8.16. The molecule has 22 heavy (non-hydrogen) atoms. The number of allylic oxidation sites excluding steroid dienone is 1. The van der Waals surface area contributed by atoms with Crippen LogP contribution in [0.4, 0.5) is 0 Å². The molecule has 0 unspecified atom stereocenters. The SMILES string of the molecule is C=CCCC(=O)N1CCC(C(=O)c2ccc(Cl)c(Cl)c2)CC1. The first kappa shape index (κ1) is 17.0. The van der Waals surface area contributed by atoms with E-state index in [1.807, 2.05) is 4.90 Å². The molecule has 0 radical (unpaired) electrons. The van der Waals surface area contributed by atoms with Crippen LogP contribution in [-0.4, -0.2) is 29.7 Å². The summed E-state index contributed by atoms with van der Waals surface area (Å²) in [7, 11) is 0. The smallest absolute Gasteiger partial charge is 0.222 e. The normalized spacial score (nSPS) is 15.6. The third kappa shape index (κ3) is 4.11. The number of likely N-dealkylation sites (tertiary alicyclic amines) is 1. The van der Waals surface area contributed by atoms with Crippen LogP contribution in [0, 0.1) is 5.92 Å². The van der Waals surface area contributed by atoms with E-state index in [4.69, 9.17) is 23.2 Å². The number of amides is 1. The highest BCUT2D eigenvalue weighted by Gasteiger charge is 2.27. The standard InChI is InChI=1S/C17H19Cl2NO2/c1-2-3-4-16(21)20-9-7-12(8-10-20)17(22)13-5-6-14(18)15(19)11-13/h2,5-6,11-12H,1,3-4,7-10H2. The summed E-state index contributed by atoms with van der Waals surface area (Å²) in [5, 5.41) is 0.838. The molecule has 3 nitrogen and oxygen atoms in total. The molecular formula is C17H19Cl2NO2. The summed E-state index contributed by atoms with van der Waals surface area (Å²) < 4.78 is 0. The molecular weight excluding hydrogens is 321 g/mol. The Labute approximate surface area is 140 Å². The van der Waals surface area contributed by atoms with E-state index in [0.717, 1.165) is 0 Å². The summed E-state index contributed by atoms with van der Waals surface area (Å²) in [6, 6.07) is 4.97. The number of halogens is 2. The quantitative estimate of drug-likeness (QED) is 0.589. The van der Waals surface area contributed by atoms with Crippen LogP contribution in [-0.2, 0) is 4.79 Å². The van der Waals surface area contributed by atoms with Crippen molar-refractivity contribution in [2.24, 2.45) is 5.92 Å². The van der Waals surface area contributed by atoms with Gasteiger partial charge in [0.2, 0.25) is 5.91 Å². The van der Waals surface area contributed by atoms with Crippen LogP contribution >= 0.6 is 23.2 Å². The number of benzene rings is 1. The molecule has 118 valence electrons. The van der Waals surface area contributed by atoms with E-state index in [9.17, 15) is 9.59 Å². The lowest BCUT2D eigenvalue weighted by molar-refractivity contribution is -0.132. The predicted molar refractivity (Wildman–Crippen MR) is 89.5 cm³/mol. The van der Waals surface area contributed by atoms with Gasteiger partial charge in [-0.2, -0.15) is 0 Å². The van der Waals surface area contributed by atoms with Gasteiger partial charge in [0.1, 0.15) is 0 Å². The van der Waals surface area contributed by atoms with E-state index in [1.54, 1.807) is 24.3 Å². The van der Waals surface area contributed by atoms with Crippen molar-refractivity contribution in [3.05, 3.63) is 46.5 Å². The topological polar surface area (TPSA) is 37.4 Å². The van der Waals surface area contributed by atoms with E-state index in [-0.39, 0.29) is 17.6 Å². The van der Waals surface area contributed by atoms with Gasteiger partial charge in [-0.25, -0.2) is 0 Å². The molecule has 2 rings (SSSR count). The van der Waals surface area contributed by atoms with E-state index in [2.05, 4.69) is 6.58 Å². The lowest BCUT2D eigenvalue weighted by Gasteiger charge is -2.31. The molecule has 0 aromatic heterocycles. The molecule has 1 amide bonds. The van der Waals surface area contributed by atoms with Crippen LogP contribution in [0.3, 0.4) is 0 Å². The number of hydrogen-bond acceptors (Lipinski definition) is 2. The molecule has 1 fully saturated rings. The summed E-state index contributed by atoms with van der Waals surface area (Å²) in [5.41, 5.74) is 0.589. The Kier molecular flexibility index (Phi) is 6.04. The second-order valence-electron chi connectivity index (χ2n) is 5.48. The number of piperidine rings is 1. The maximum Gasteiger partial charge on any atom is 0.222 e. The van der Waals surface area contributed by atoms with Crippen LogP contribution < -0.4 is 0 Å². The fourth-order valence-corrected chi connectivity index (χ4v) is 2.96. The molecule has 1 aliphatic rings. The summed E-state index contributed by atoms with van der Waals surface area (Å²) in [5.74, 6) is 0.165. The fraction of sp³-hybridized carbons (Fsp3) is 0.412. The minimum Gasteiger partial charge on any atom is -0.343 e. The van der Waals surface area contributed by atoms with E-state index in [1.165, 1.54) is 0 Å². The molecule has 0 aliphatic carbocycles. The molecule has 1 aromatic carbocycles.